The quantitative estimate of drug-likeness (QED) is 0.612. The van der Waals surface area contributed by atoms with Gasteiger partial charge in [0.1, 0.15) is 5.84 Å². The number of likely N-dealkylation sites (N-methyl/N-ethyl adjacent to an activating group) is 1. The van der Waals surface area contributed by atoms with Crippen molar-refractivity contribution in [1.29, 1.82) is 5.41 Å². The van der Waals surface area contributed by atoms with E-state index in [1.165, 1.54) is 5.69 Å². The summed E-state index contributed by atoms with van der Waals surface area (Å²) in [6.45, 7) is 6.61. The average molecular weight is 275 g/mol. The Bertz CT molecular complexity index is 432. The maximum absolute atomic E-state index is 7.41. The van der Waals surface area contributed by atoms with Gasteiger partial charge in [0.05, 0.1) is 0 Å². The van der Waals surface area contributed by atoms with Crippen molar-refractivity contribution in [2.45, 2.75) is 0 Å². The van der Waals surface area contributed by atoms with Crippen LogP contribution in [0.1, 0.15) is 5.56 Å². The fraction of sp³-hybridized carbons (Fsp3) is 0.533. The fourth-order valence-electron chi connectivity index (χ4n) is 2.42. The number of piperazine rings is 1. The van der Waals surface area contributed by atoms with Crippen LogP contribution in [0.5, 0.6) is 0 Å². The Morgan fingerprint density at radius 1 is 1.15 bits per heavy atom. The molecular weight excluding hydrogens is 250 g/mol. The number of nitrogen functional groups attached to an aromatic ring is 1. The van der Waals surface area contributed by atoms with E-state index in [-0.39, 0.29) is 5.84 Å². The third kappa shape index (κ3) is 3.95. The van der Waals surface area contributed by atoms with Gasteiger partial charge in [-0.2, -0.15) is 0 Å². The molecule has 110 valence electrons. The van der Waals surface area contributed by atoms with Gasteiger partial charge in [-0.1, -0.05) is 0 Å². The maximum atomic E-state index is 7.41. The molecule has 0 spiro atoms. The third-order valence-corrected chi connectivity index (χ3v) is 3.78. The first-order valence-electron chi connectivity index (χ1n) is 7.13. The van der Waals surface area contributed by atoms with Gasteiger partial charge in [-0.15, -0.1) is 0 Å². The number of rotatable bonds is 5. The van der Waals surface area contributed by atoms with E-state index < -0.39 is 0 Å². The molecule has 1 heterocycles. The second kappa shape index (κ2) is 6.72. The first kappa shape index (κ1) is 14.8. The summed E-state index contributed by atoms with van der Waals surface area (Å²) in [4.78, 5) is 7.14. The molecule has 1 aliphatic heterocycles. The van der Waals surface area contributed by atoms with E-state index in [4.69, 9.17) is 11.1 Å². The summed E-state index contributed by atoms with van der Waals surface area (Å²) in [5.74, 6) is 0.130. The number of amidine groups is 1. The lowest BCUT2D eigenvalue weighted by molar-refractivity contribution is 0.229. The van der Waals surface area contributed by atoms with Crippen molar-refractivity contribution in [2.75, 3.05) is 58.3 Å². The van der Waals surface area contributed by atoms with Gasteiger partial charge in [0.2, 0.25) is 0 Å². The van der Waals surface area contributed by atoms with Crippen LogP contribution in [0, 0.1) is 5.41 Å². The van der Waals surface area contributed by atoms with Crippen molar-refractivity contribution in [3.63, 3.8) is 0 Å². The van der Waals surface area contributed by atoms with Crippen molar-refractivity contribution in [3.05, 3.63) is 29.8 Å². The third-order valence-electron chi connectivity index (χ3n) is 3.78. The van der Waals surface area contributed by atoms with Crippen LogP contribution in [-0.2, 0) is 0 Å². The molecule has 1 fully saturated rings. The normalized spacial score (nSPS) is 16.6. The molecule has 0 bridgehead atoms. The van der Waals surface area contributed by atoms with Gasteiger partial charge in [0.15, 0.2) is 0 Å². The predicted molar refractivity (Wildman–Crippen MR) is 84.7 cm³/mol. The van der Waals surface area contributed by atoms with Crippen LogP contribution >= 0.6 is 0 Å². The monoisotopic (exact) mass is 275 g/mol. The van der Waals surface area contributed by atoms with E-state index in [0.29, 0.717) is 0 Å². The Kier molecular flexibility index (Phi) is 4.98. The minimum absolute atomic E-state index is 0.130. The molecule has 0 aromatic heterocycles. The highest BCUT2D eigenvalue weighted by Crippen LogP contribution is 2.17. The lowest BCUT2D eigenvalue weighted by atomic mass is 10.1. The topological polar surface area (TPSA) is 59.6 Å². The SMILES string of the molecule is CN(C)CCN1CCN(c2ccc(C(=N)N)cc2)CC1. The molecule has 1 aliphatic rings. The van der Waals surface area contributed by atoms with Crippen LogP contribution in [0.2, 0.25) is 0 Å². The summed E-state index contributed by atoms with van der Waals surface area (Å²) in [5, 5.41) is 7.41. The van der Waals surface area contributed by atoms with E-state index in [1.54, 1.807) is 0 Å². The Hall–Kier alpha value is -1.59. The van der Waals surface area contributed by atoms with Crippen LogP contribution < -0.4 is 10.6 Å². The summed E-state index contributed by atoms with van der Waals surface area (Å²) in [6, 6.07) is 7.98. The second-order valence-electron chi connectivity index (χ2n) is 5.59. The molecule has 0 radical (unpaired) electrons. The van der Waals surface area contributed by atoms with Crippen molar-refractivity contribution < 1.29 is 0 Å². The van der Waals surface area contributed by atoms with Crippen LogP contribution in [0.25, 0.3) is 0 Å². The van der Waals surface area contributed by atoms with Crippen molar-refractivity contribution in [3.8, 4) is 0 Å². The van der Waals surface area contributed by atoms with Crippen LogP contribution in [0.15, 0.2) is 24.3 Å². The van der Waals surface area contributed by atoms with Gasteiger partial charge in [-0.3, -0.25) is 10.3 Å². The van der Waals surface area contributed by atoms with E-state index in [2.05, 4.69) is 40.9 Å². The zero-order valence-electron chi connectivity index (χ0n) is 12.5. The summed E-state index contributed by atoms with van der Waals surface area (Å²) in [7, 11) is 4.24. The summed E-state index contributed by atoms with van der Waals surface area (Å²) in [6.07, 6.45) is 0. The van der Waals surface area contributed by atoms with Crippen LogP contribution in [-0.4, -0.2) is 69.0 Å². The predicted octanol–water partition coefficient (Wildman–Crippen LogP) is 0.654. The van der Waals surface area contributed by atoms with Crippen molar-refractivity contribution >= 4 is 11.5 Å². The lowest BCUT2D eigenvalue weighted by Gasteiger charge is -2.36. The minimum Gasteiger partial charge on any atom is -0.384 e. The molecular formula is C15H25N5. The van der Waals surface area contributed by atoms with Crippen molar-refractivity contribution in [2.24, 2.45) is 5.73 Å². The number of anilines is 1. The molecule has 5 heteroatoms. The van der Waals surface area contributed by atoms with Gasteiger partial charge in [-0.05, 0) is 38.4 Å². The number of nitrogens with zero attached hydrogens (tertiary/aromatic N) is 3. The highest BCUT2D eigenvalue weighted by molar-refractivity contribution is 5.95. The summed E-state index contributed by atoms with van der Waals surface area (Å²) >= 11 is 0. The van der Waals surface area contributed by atoms with Crippen LogP contribution in [0.4, 0.5) is 5.69 Å². The van der Waals surface area contributed by atoms with Crippen molar-refractivity contribution in [1.82, 2.24) is 9.80 Å². The molecule has 0 aliphatic carbocycles. The fourth-order valence-corrected chi connectivity index (χ4v) is 2.42. The second-order valence-corrected chi connectivity index (χ2v) is 5.59. The van der Waals surface area contributed by atoms with Gasteiger partial charge >= 0.3 is 0 Å². The highest BCUT2D eigenvalue weighted by Gasteiger charge is 2.16. The molecule has 0 saturated carbocycles. The minimum atomic E-state index is 0.130. The lowest BCUT2D eigenvalue weighted by Crippen LogP contribution is -2.48. The first-order valence-corrected chi connectivity index (χ1v) is 7.13. The Morgan fingerprint density at radius 3 is 2.25 bits per heavy atom. The number of nitrogens with two attached hydrogens (primary N) is 1. The average Bonchev–Trinajstić information content (AvgIpc) is 2.46. The standard InChI is InChI=1S/C15H25N5/c1-18(2)7-8-19-9-11-20(12-10-19)14-5-3-13(4-6-14)15(16)17/h3-6H,7-12H2,1-2H3,(H3,16,17). The van der Waals surface area contributed by atoms with Crippen LogP contribution in [0.3, 0.4) is 0 Å². The van der Waals surface area contributed by atoms with Gasteiger partial charge < -0.3 is 15.5 Å². The molecule has 0 unspecified atom stereocenters. The number of benzene rings is 1. The first-order chi connectivity index (χ1) is 9.56. The van der Waals surface area contributed by atoms with E-state index in [0.717, 1.165) is 44.8 Å². The van der Waals surface area contributed by atoms with E-state index >= 15 is 0 Å². The molecule has 1 aromatic carbocycles. The molecule has 1 aromatic rings. The molecule has 1 saturated heterocycles. The van der Waals surface area contributed by atoms with Gasteiger partial charge in [0.25, 0.3) is 0 Å². The number of hydrogen-bond donors (Lipinski definition) is 2. The van der Waals surface area contributed by atoms with Gasteiger partial charge in [-0.25, -0.2) is 0 Å². The Morgan fingerprint density at radius 2 is 1.75 bits per heavy atom. The largest absolute Gasteiger partial charge is 0.384 e. The Balaban J connectivity index is 1.85. The zero-order valence-corrected chi connectivity index (χ0v) is 12.5. The molecule has 0 atom stereocenters. The zero-order chi connectivity index (χ0) is 14.5. The maximum Gasteiger partial charge on any atom is 0.122 e. The molecule has 2 rings (SSSR count). The van der Waals surface area contributed by atoms with E-state index in [1.807, 2.05) is 12.1 Å². The molecule has 20 heavy (non-hydrogen) atoms. The summed E-state index contributed by atoms with van der Waals surface area (Å²) < 4.78 is 0. The van der Waals surface area contributed by atoms with E-state index in [9.17, 15) is 0 Å². The molecule has 0 amide bonds. The van der Waals surface area contributed by atoms with Gasteiger partial charge in [0, 0.05) is 50.5 Å². The highest BCUT2D eigenvalue weighted by atomic mass is 15.3. The number of hydrogen-bond acceptors (Lipinski definition) is 4. The smallest absolute Gasteiger partial charge is 0.122 e. The summed E-state index contributed by atoms with van der Waals surface area (Å²) in [5.41, 5.74) is 7.49. The molecule has 5 nitrogen and oxygen atoms in total. The Labute approximate surface area is 121 Å². The number of nitrogens with one attached hydrogen (secondary N) is 1. The molecule has 3 N–H and O–H groups in total.